The molecule has 0 unspecified atom stereocenters. The first-order valence-corrected chi connectivity index (χ1v) is 9.16. The third-order valence-corrected chi connectivity index (χ3v) is 4.14. The van der Waals surface area contributed by atoms with E-state index in [2.05, 4.69) is 25.3 Å². The third kappa shape index (κ3) is 5.44. The summed E-state index contributed by atoms with van der Waals surface area (Å²) in [7, 11) is -0.253. The van der Waals surface area contributed by atoms with Crippen LogP contribution in [0.5, 0.6) is 11.8 Å². The van der Waals surface area contributed by atoms with Crippen molar-refractivity contribution < 1.29 is 27.5 Å². The Morgan fingerprint density at radius 1 is 1.04 bits per heavy atom. The number of aromatic nitrogens is 2. The zero-order valence-corrected chi connectivity index (χ0v) is 16.0. The van der Waals surface area contributed by atoms with Crippen molar-refractivity contribution in [3.05, 3.63) is 35.9 Å². The third-order valence-electron chi connectivity index (χ3n) is 3.19. The fraction of sp³-hybridized carbons (Fsp3) is 0.200. The molecule has 0 aliphatic rings. The second kappa shape index (κ2) is 8.85. The average molecular weight is 410 g/mol. The van der Waals surface area contributed by atoms with E-state index >= 15 is 0 Å². The lowest BCUT2D eigenvalue weighted by Crippen LogP contribution is -2.39. The largest absolute Gasteiger partial charge is 0.481 e. The van der Waals surface area contributed by atoms with Crippen LogP contribution in [0.25, 0.3) is 0 Å². The molecule has 0 fully saturated rings. The minimum Gasteiger partial charge on any atom is -0.481 e. The number of ether oxygens (including phenoxy) is 2. The Morgan fingerprint density at radius 2 is 1.64 bits per heavy atom. The number of anilines is 2. The number of para-hydroxylation sites is 1. The zero-order valence-electron chi connectivity index (χ0n) is 15.1. The van der Waals surface area contributed by atoms with Gasteiger partial charge in [0, 0.05) is 7.05 Å². The number of carbonyl (C=O) groups is 2. The molecule has 0 saturated carbocycles. The number of carbonyl (C=O) groups excluding carboxylic acids is 2. The van der Waals surface area contributed by atoms with Gasteiger partial charge in [0.2, 0.25) is 17.7 Å². The van der Waals surface area contributed by atoms with Gasteiger partial charge in [-0.2, -0.15) is 18.4 Å². The van der Waals surface area contributed by atoms with E-state index in [0.29, 0.717) is 0 Å². The summed E-state index contributed by atoms with van der Waals surface area (Å²) in [6.45, 7) is 0. The molecule has 1 heterocycles. The lowest BCUT2D eigenvalue weighted by atomic mass is 10.2. The van der Waals surface area contributed by atoms with Crippen molar-refractivity contribution in [2.24, 2.45) is 0 Å². The molecule has 28 heavy (non-hydrogen) atoms. The highest BCUT2D eigenvalue weighted by Crippen LogP contribution is 2.18. The van der Waals surface area contributed by atoms with Gasteiger partial charge in [-0.15, -0.1) is 0 Å². The predicted octanol–water partition coefficient (Wildman–Crippen LogP) is 0.332. The fourth-order valence-electron chi connectivity index (χ4n) is 1.99. The first-order chi connectivity index (χ1) is 13.3. The van der Waals surface area contributed by atoms with Crippen molar-refractivity contribution >= 4 is 33.8 Å². The van der Waals surface area contributed by atoms with Gasteiger partial charge in [0.25, 0.3) is 5.91 Å². The Hall–Kier alpha value is -3.61. The number of rotatable bonds is 7. The molecule has 3 amide bonds. The highest BCUT2D eigenvalue weighted by molar-refractivity contribution is 7.91. The van der Waals surface area contributed by atoms with Crippen molar-refractivity contribution in [2.75, 3.05) is 31.3 Å². The fourth-order valence-corrected chi connectivity index (χ4v) is 2.81. The number of nitrogens with zero attached hydrogens (tertiary/aromatic N) is 2. The maximum Gasteiger partial charge on any atom is 0.336 e. The molecule has 0 aliphatic heterocycles. The van der Waals surface area contributed by atoms with Gasteiger partial charge >= 0.3 is 16.2 Å². The van der Waals surface area contributed by atoms with Crippen LogP contribution >= 0.6 is 0 Å². The van der Waals surface area contributed by atoms with Gasteiger partial charge < -0.3 is 14.8 Å². The molecular weight excluding hydrogens is 392 g/mol. The number of amides is 3. The normalized spacial score (nSPS) is 10.5. The molecular formula is C15H18N6O6S. The number of hydrogen-bond donors (Lipinski definition) is 4. The maximum atomic E-state index is 12.2. The molecule has 0 saturated heterocycles. The van der Waals surface area contributed by atoms with E-state index in [-0.39, 0.29) is 29.0 Å². The Labute approximate surface area is 160 Å². The summed E-state index contributed by atoms with van der Waals surface area (Å²) in [5, 5.41) is 4.54. The van der Waals surface area contributed by atoms with E-state index in [9.17, 15) is 18.0 Å². The van der Waals surface area contributed by atoms with E-state index in [1.807, 2.05) is 0 Å². The molecule has 1 aromatic heterocycles. The minimum absolute atomic E-state index is 0.0125. The summed E-state index contributed by atoms with van der Waals surface area (Å²) in [6, 6.07) is 6.12. The van der Waals surface area contributed by atoms with Gasteiger partial charge in [0.15, 0.2) is 0 Å². The van der Waals surface area contributed by atoms with Gasteiger partial charge in [-0.3, -0.25) is 14.8 Å². The van der Waals surface area contributed by atoms with Crippen LogP contribution in [0, 0.1) is 0 Å². The van der Waals surface area contributed by atoms with Crippen LogP contribution in [0.4, 0.5) is 16.4 Å². The van der Waals surface area contributed by atoms with Crippen LogP contribution in [0.3, 0.4) is 0 Å². The number of methoxy groups -OCH3 is 2. The van der Waals surface area contributed by atoms with E-state index in [1.165, 1.54) is 45.5 Å². The Bertz CT molecular complexity index is 958. The van der Waals surface area contributed by atoms with Crippen molar-refractivity contribution in [1.29, 1.82) is 0 Å². The van der Waals surface area contributed by atoms with Gasteiger partial charge in [0.1, 0.15) is 0 Å². The topological polar surface area (TPSA) is 161 Å². The zero-order chi connectivity index (χ0) is 20.7. The smallest absolute Gasteiger partial charge is 0.336 e. The number of benzene rings is 1. The van der Waals surface area contributed by atoms with E-state index in [0.717, 1.165) is 0 Å². The van der Waals surface area contributed by atoms with Gasteiger partial charge in [-0.05, 0) is 12.1 Å². The van der Waals surface area contributed by atoms with Crippen LogP contribution in [0.1, 0.15) is 10.4 Å². The van der Waals surface area contributed by atoms with Crippen molar-refractivity contribution in [1.82, 2.24) is 20.0 Å². The number of urea groups is 1. The van der Waals surface area contributed by atoms with Gasteiger partial charge in [0.05, 0.1) is 31.5 Å². The molecule has 0 bridgehead atoms. The van der Waals surface area contributed by atoms with Crippen molar-refractivity contribution in [2.45, 2.75) is 0 Å². The summed E-state index contributed by atoms with van der Waals surface area (Å²) < 4.78 is 38.1. The first-order valence-electron chi connectivity index (χ1n) is 7.67. The second-order valence-corrected chi connectivity index (χ2v) is 6.48. The van der Waals surface area contributed by atoms with E-state index < -0.39 is 22.1 Å². The average Bonchev–Trinajstić information content (AvgIpc) is 2.66. The standard InChI is InChI=1S/C15H18N6O6S/c1-16-13(22)9-6-4-5-7-10(9)20-28(24,25)21-15(23)19-14-17-11(26-2)8-12(18-14)27-3/h4-8,20H,1-3H3,(H,16,22)(H2,17,18,19,21,23). The summed E-state index contributed by atoms with van der Waals surface area (Å²) in [5.41, 5.74) is 0.0677. The molecule has 0 aliphatic carbocycles. The summed E-state index contributed by atoms with van der Waals surface area (Å²) >= 11 is 0. The number of hydrogen-bond acceptors (Lipinski definition) is 8. The monoisotopic (exact) mass is 410 g/mol. The van der Waals surface area contributed by atoms with Crippen molar-refractivity contribution in [3.8, 4) is 11.8 Å². The lowest BCUT2D eigenvalue weighted by Gasteiger charge is -2.13. The lowest BCUT2D eigenvalue weighted by molar-refractivity contribution is 0.0964. The molecule has 0 radical (unpaired) electrons. The Kier molecular flexibility index (Phi) is 6.55. The van der Waals surface area contributed by atoms with Crippen LogP contribution in [0.2, 0.25) is 0 Å². The molecule has 12 nitrogen and oxygen atoms in total. The first kappa shape index (κ1) is 20.7. The Balaban J connectivity index is 2.13. The second-order valence-electron chi connectivity index (χ2n) is 5.06. The molecule has 2 rings (SSSR count). The predicted molar refractivity (Wildman–Crippen MR) is 99.7 cm³/mol. The quantitative estimate of drug-likeness (QED) is 0.508. The summed E-state index contributed by atoms with van der Waals surface area (Å²) in [5.74, 6) is -0.542. The van der Waals surface area contributed by atoms with E-state index in [4.69, 9.17) is 9.47 Å². The summed E-state index contributed by atoms with van der Waals surface area (Å²) in [4.78, 5) is 31.5. The van der Waals surface area contributed by atoms with Gasteiger partial charge in [-0.1, -0.05) is 12.1 Å². The number of nitrogens with one attached hydrogen (secondary N) is 4. The maximum absolute atomic E-state index is 12.2. The van der Waals surface area contributed by atoms with Crippen LogP contribution in [-0.4, -0.2) is 51.6 Å². The van der Waals surface area contributed by atoms with Crippen LogP contribution in [-0.2, 0) is 10.2 Å². The summed E-state index contributed by atoms with van der Waals surface area (Å²) in [6.07, 6.45) is 0. The molecule has 0 spiro atoms. The Morgan fingerprint density at radius 3 is 2.21 bits per heavy atom. The SMILES string of the molecule is CNC(=O)c1ccccc1NS(=O)(=O)NC(=O)Nc1nc(OC)cc(OC)n1. The molecule has 2 aromatic rings. The van der Waals surface area contributed by atoms with Crippen LogP contribution in [0.15, 0.2) is 30.3 Å². The molecule has 13 heteroatoms. The van der Waals surface area contributed by atoms with E-state index in [1.54, 1.807) is 10.8 Å². The van der Waals surface area contributed by atoms with Gasteiger partial charge in [-0.25, -0.2) is 9.52 Å². The molecule has 4 N–H and O–H groups in total. The molecule has 0 atom stereocenters. The van der Waals surface area contributed by atoms with Crippen LogP contribution < -0.4 is 29.6 Å². The highest BCUT2D eigenvalue weighted by Gasteiger charge is 2.19. The highest BCUT2D eigenvalue weighted by atomic mass is 32.2. The minimum atomic E-state index is -4.36. The molecule has 1 aromatic carbocycles. The van der Waals surface area contributed by atoms with Crippen molar-refractivity contribution in [3.63, 3.8) is 0 Å². The molecule has 150 valence electrons.